The lowest BCUT2D eigenvalue weighted by Gasteiger charge is -2.47. The van der Waals surface area contributed by atoms with Gasteiger partial charge in [0.05, 0.1) is 37.0 Å². The van der Waals surface area contributed by atoms with Crippen molar-refractivity contribution in [3.8, 4) is 0 Å². The molecule has 0 saturated carbocycles. The van der Waals surface area contributed by atoms with E-state index in [0.29, 0.717) is 5.69 Å². The van der Waals surface area contributed by atoms with Gasteiger partial charge in [0.2, 0.25) is 11.7 Å². The monoisotopic (exact) mass is 496 g/mol. The summed E-state index contributed by atoms with van der Waals surface area (Å²) in [5, 5.41) is 13.1. The van der Waals surface area contributed by atoms with Crippen LogP contribution < -0.4 is 19.8 Å². The highest BCUT2D eigenvalue weighted by atomic mass is 16.5. The molecule has 0 aliphatic carbocycles. The van der Waals surface area contributed by atoms with Gasteiger partial charge in [-0.1, -0.05) is 48.5 Å². The highest BCUT2D eigenvalue weighted by Crippen LogP contribution is 2.48. The van der Waals surface area contributed by atoms with Crippen molar-refractivity contribution in [1.82, 2.24) is 0 Å². The predicted molar refractivity (Wildman–Crippen MR) is 140 cm³/mol. The molecule has 37 heavy (non-hydrogen) atoms. The van der Waals surface area contributed by atoms with Crippen LogP contribution in [0.2, 0.25) is 0 Å². The zero-order valence-corrected chi connectivity index (χ0v) is 20.5. The van der Waals surface area contributed by atoms with E-state index >= 15 is 0 Å². The second-order valence-electron chi connectivity index (χ2n) is 8.70. The molecule has 0 N–H and O–H groups in total. The van der Waals surface area contributed by atoms with E-state index in [9.17, 15) is 9.59 Å². The van der Waals surface area contributed by atoms with Crippen LogP contribution in [0.4, 0.5) is 22.7 Å². The Morgan fingerprint density at radius 3 is 1.68 bits per heavy atom. The maximum Gasteiger partial charge on any atom is 0.376 e. The van der Waals surface area contributed by atoms with Crippen molar-refractivity contribution in [3.05, 3.63) is 84.4 Å². The van der Waals surface area contributed by atoms with Gasteiger partial charge in [-0.25, -0.2) is 19.6 Å². The van der Waals surface area contributed by atoms with Gasteiger partial charge in [-0.3, -0.25) is 9.80 Å². The summed E-state index contributed by atoms with van der Waals surface area (Å²) in [5.74, 6) is -0.847. The highest BCUT2D eigenvalue weighted by molar-refractivity contribution is 6.45. The molecule has 0 radical (unpaired) electrons. The van der Waals surface area contributed by atoms with Gasteiger partial charge in [0, 0.05) is 0 Å². The van der Waals surface area contributed by atoms with Crippen LogP contribution in [0.15, 0.2) is 89.1 Å². The number of methoxy groups -OCH3 is 2. The van der Waals surface area contributed by atoms with Gasteiger partial charge in [-0.2, -0.15) is 0 Å². The number of carbonyl (C=O) groups excluding carboxylic acids is 2. The molecule has 3 aliphatic heterocycles. The topological polar surface area (TPSA) is 90.3 Å². The van der Waals surface area contributed by atoms with Crippen LogP contribution in [0.3, 0.4) is 0 Å². The number of nitrogens with zero attached hydrogens (tertiary/aromatic N) is 6. The minimum Gasteiger partial charge on any atom is -0.463 e. The number of amidine groups is 2. The molecule has 10 heteroatoms. The number of aryl methyl sites for hydroxylation is 1. The van der Waals surface area contributed by atoms with E-state index in [0.717, 1.165) is 22.6 Å². The van der Waals surface area contributed by atoms with Crippen molar-refractivity contribution < 1.29 is 19.1 Å². The Kier molecular flexibility index (Phi) is 5.29. The Balaban J connectivity index is 1.63. The summed E-state index contributed by atoms with van der Waals surface area (Å²) in [6.07, 6.45) is -1.17. The standard InChI is InChI=1S/C27H24N6O4/c1-17-11-10-16-20-21(17)31-23(27(35)37-3)29-33(19-14-8-5-9-15-19)25(31)24-30(20)22(26(34)36-2)28-32(24)18-12-6-4-7-13-18/h4-16,24-25H,1-3H3. The lowest BCUT2D eigenvalue weighted by atomic mass is 10.0. The summed E-state index contributed by atoms with van der Waals surface area (Å²) in [4.78, 5) is 29.9. The van der Waals surface area contributed by atoms with Crippen LogP contribution >= 0.6 is 0 Å². The zero-order valence-electron chi connectivity index (χ0n) is 20.5. The molecule has 3 aromatic carbocycles. The van der Waals surface area contributed by atoms with Gasteiger partial charge in [-0.15, -0.1) is 10.2 Å². The fraction of sp³-hybridized carbons (Fsp3) is 0.185. The fourth-order valence-electron chi connectivity index (χ4n) is 5.10. The van der Waals surface area contributed by atoms with Crippen molar-refractivity contribution in [2.45, 2.75) is 19.3 Å². The molecule has 0 spiro atoms. The number of benzene rings is 3. The van der Waals surface area contributed by atoms with Crippen LogP contribution in [0.5, 0.6) is 0 Å². The Morgan fingerprint density at radius 1 is 0.676 bits per heavy atom. The minimum atomic E-state index is -0.587. The molecule has 3 heterocycles. The molecular weight excluding hydrogens is 472 g/mol. The Hall–Kier alpha value is -4.86. The number of carbonyl (C=O) groups is 2. The maximum atomic E-state index is 13.1. The number of hydrogen-bond acceptors (Lipinski definition) is 10. The fourth-order valence-corrected chi connectivity index (χ4v) is 5.10. The Morgan fingerprint density at radius 2 is 1.16 bits per heavy atom. The summed E-state index contributed by atoms with van der Waals surface area (Å²) < 4.78 is 10.3. The molecule has 2 unspecified atom stereocenters. The van der Waals surface area contributed by atoms with Crippen LogP contribution in [0.1, 0.15) is 5.56 Å². The van der Waals surface area contributed by atoms with E-state index in [1.54, 1.807) is 10.0 Å². The maximum absolute atomic E-state index is 13.1. The first kappa shape index (κ1) is 22.6. The van der Waals surface area contributed by atoms with E-state index in [2.05, 4.69) is 0 Å². The number of para-hydroxylation sites is 3. The Labute approximate surface area is 213 Å². The van der Waals surface area contributed by atoms with Gasteiger partial charge in [0.25, 0.3) is 0 Å². The molecule has 0 amide bonds. The first-order valence-corrected chi connectivity index (χ1v) is 11.8. The third-order valence-corrected chi connectivity index (χ3v) is 6.65. The molecule has 0 bridgehead atoms. The number of esters is 2. The van der Waals surface area contributed by atoms with Crippen LogP contribution in [0.25, 0.3) is 0 Å². The summed E-state index contributed by atoms with van der Waals surface area (Å²) in [6.45, 7) is 1.95. The van der Waals surface area contributed by atoms with Crippen molar-refractivity contribution in [2.75, 3.05) is 34.0 Å². The third-order valence-electron chi connectivity index (χ3n) is 6.65. The lowest BCUT2D eigenvalue weighted by molar-refractivity contribution is -0.133. The molecule has 10 nitrogen and oxygen atoms in total. The number of fused-ring (bicyclic) bond motifs is 6. The van der Waals surface area contributed by atoms with Crippen LogP contribution in [0, 0.1) is 6.92 Å². The first-order chi connectivity index (χ1) is 18.0. The third kappa shape index (κ3) is 3.33. The second-order valence-corrected chi connectivity index (χ2v) is 8.70. The van der Waals surface area contributed by atoms with E-state index in [1.165, 1.54) is 14.2 Å². The molecule has 6 rings (SSSR count). The largest absolute Gasteiger partial charge is 0.463 e. The van der Waals surface area contributed by atoms with Gasteiger partial charge in [0.15, 0.2) is 12.3 Å². The van der Waals surface area contributed by atoms with E-state index in [4.69, 9.17) is 19.7 Å². The lowest BCUT2D eigenvalue weighted by Crippen LogP contribution is -2.65. The van der Waals surface area contributed by atoms with E-state index in [1.807, 2.05) is 95.6 Å². The first-order valence-electron chi connectivity index (χ1n) is 11.8. The molecule has 186 valence electrons. The molecule has 0 saturated heterocycles. The molecule has 3 aromatic rings. The van der Waals surface area contributed by atoms with Crippen LogP contribution in [-0.2, 0) is 19.1 Å². The highest BCUT2D eigenvalue weighted by Gasteiger charge is 2.57. The summed E-state index contributed by atoms with van der Waals surface area (Å²) in [7, 11) is 2.67. The summed E-state index contributed by atoms with van der Waals surface area (Å²) in [5.41, 5.74) is 3.88. The molecule has 0 fully saturated rings. The smallest absolute Gasteiger partial charge is 0.376 e. The van der Waals surface area contributed by atoms with Gasteiger partial charge in [0.1, 0.15) is 0 Å². The quantitative estimate of drug-likeness (QED) is 0.509. The van der Waals surface area contributed by atoms with Gasteiger partial charge in [-0.05, 0) is 42.8 Å². The second kappa shape index (κ2) is 8.66. The average molecular weight is 497 g/mol. The number of hydrogen-bond donors (Lipinski definition) is 0. The molecular formula is C27H24N6O4. The number of anilines is 4. The van der Waals surface area contributed by atoms with Gasteiger partial charge < -0.3 is 9.47 Å². The normalized spacial score (nSPS) is 19.5. The number of ether oxygens (including phenoxy) is 2. The number of rotatable bonds is 4. The van der Waals surface area contributed by atoms with E-state index in [-0.39, 0.29) is 11.7 Å². The van der Waals surface area contributed by atoms with Crippen molar-refractivity contribution >= 4 is 46.4 Å². The number of hydrazone groups is 2. The average Bonchev–Trinajstić information content (AvgIpc) is 3.53. The van der Waals surface area contributed by atoms with Crippen molar-refractivity contribution in [2.24, 2.45) is 10.2 Å². The SMILES string of the molecule is COC(=O)C1=NN(c2ccccc2)C2C3N(c4ccccc4)N=C(C(=O)OC)N3c3c(C)cccc3N12. The molecule has 0 aromatic heterocycles. The minimum absolute atomic E-state index is 0.141. The Bertz CT molecular complexity index is 1440. The zero-order chi connectivity index (χ0) is 25.7. The summed E-state index contributed by atoms with van der Waals surface area (Å²) in [6, 6.07) is 24.9. The predicted octanol–water partition coefficient (Wildman–Crippen LogP) is 3.29. The van der Waals surface area contributed by atoms with Crippen LogP contribution in [-0.4, -0.2) is 50.2 Å². The van der Waals surface area contributed by atoms with Gasteiger partial charge >= 0.3 is 11.9 Å². The molecule has 2 atom stereocenters. The van der Waals surface area contributed by atoms with Crippen molar-refractivity contribution in [3.63, 3.8) is 0 Å². The molecule has 3 aliphatic rings. The summed E-state index contributed by atoms with van der Waals surface area (Å²) >= 11 is 0. The van der Waals surface area contributed by atoms with Crippen molar-refractivity contribution in [1.29, 1.82) is 0 Å². The van der Waals surface area contributed by atoms with E-state index < -0.39 is 24.3 Å².